The number of nitrogens with zero attached hydrogens (tertiary/aromatic N) is 1. The molecule has 0 aliphatic rings. The number of thiocarbonyl (C=S) groups is 1. The molecule has 1 heterocycles. The Morgan fingerprint density at radius 1 is 1.10 bits per heavy atom. The van der Waals surface area contributed by atoms with Crippen LogP contribution in [0.2, 0.25) is 0 Å². The quantitative estimate of drug-likeness (QED) is 0.668. The molecule has 0 aliphatic carbocycles. The lowest BCUT2D eigenvalue weighted by Gasteiger charge is -2.11. The summed E-state index contributed by atoms with van der Waals surface area (Å²) in [6, 6.07) is 11.1. The first-order chi connectivity index (χ1) is 9.94. The average Bonchev–Trinajstić information content (AvgIpc) is 2.37. The van der Waals surface area contributed by atoms with Crippen LogP contribution in [-0.4, -0.2) is 15.9 Å². The molecule has 0 saturated heterocycles. The van der Waals surface area contributed by atoms with Gasteiger partial charge in [-0.05, 0) is 75.0 Å². The highest BCUT2D eigenvalue weighted by atomic mass is 32.1. The Hall–Kier alpha value is -2.27. The Labute approximate surface area is 129 Å². The summed E-state index contributed by atoms with van der Waals surface area (Å²) < 4.78 is 0. The molecule has 0 unspecified atom stereocenters. The summed E-state index contributed by atoms with van der Waals surface area (Å²) in [6.45, 7) is 5.49. The lowest BCUT2D eigenvalue weighted by molar-refractivity contribution is 0.101. The molecule has 1 aromatic heterocycles. The summed E-state index contributed by atoms with van der Waals surface area (Å²) in [5.41, 5.74) is 3.56. The minimum absolute atomic E-state index is 0.0432. The van der Waals surface area contributed by atoms with Gasteiger partial charge in [-0.3, -0.25) is 4.79 Å². The number of benzene rings is 1. The highest BCUT2D eigenvalue weighted by Gasteiger charge is 2.03. The number of Topliss-reactive ketones (excluding diaryl/α,β-unsaturated/α-hetero) is 1. The van der Waals surface area contributed by atoms with Gasteiger partial charge in [0.05, 0.1) is 0 Å². The van der Waals surface area contributed by atoms with Gasteiger partial charge < -0.3 is 10.6 Å². The van der Waals surface area contributed by atoms with E-state index in [0.29, 0.717) is 16.5 Å². The van der Waals surface area contributed by atoms with Crippen LogP contribution in [0.5, 0.6) is 0 Å². The van der Waals surface area contributed by atoms with E-state index in [4.69, 9.17) is 12.2 Å². The van der Waals surface area contributed by atoms with Gasteiger partial charge in [-0.2, -0.15) is 0 Å². The van der Waals surface area contributed by atoms with Crippen LogP contribution in [0.25, 0.3) is 0 Å². The molecule has 0 spiro atoms. The highest BCUT2D eigenvalue weighted by molar-refractivity contribution is 7.80. The van der Waals surface area contributed by atoms with Crippen molar-refractivity contribution in [2.75, 3.05) is 10.6 Å². The van der Waals surface area contributed by atoms with Crippen LogP contribution in [-0.2, 0) is 0 Å². The lowest BCUT2D eigenvalue weighted by atomic mass is 10.1. The van der Waals surface area contributed by atoms with Crippen molar-refractivity contribution in [3.8, 4) is 0 Å². The van der Waals surface area contributed by atoms with Gasteiger partial charge in [-0.1, -0.05) is 0 Å². The van der Waals surface area contributed by atoms with Crippen LogP contribution in [0.3, 0.4) is 0 Å². The van der Waals surface area contributed by atoms with E-state index in [1.54, 1.807) is 19.1 Å². The molecule has 0 bridgehead atoms. The van der Waals surface area contributed by atoms with Gasteiger partial charge in [0, 0.05) is 16.9 Å². The molecule has 5 heteroatoms. The van der Waals surface area contributed by atoms with Crippen molar-refractivity contribution in [2.24, 2.45) is 0 Å². The maximum Gasteiger partial charge on any atom is 0.176 e. The van der Waals surface area contributed by atoms with E-state index in [1.165, 1.54) is 0 Å². The van der Waals surface area contributed by atoms with Gasteiger partial charge in [0.15, 0.2) is 10.9 Å². The van der Waals surface area contributed by atoms with Crippen molar-refractivity contribution in [1.29, 1.82) is 0 Å². The number of rotatable bonds is 3. The molecule has 2 rings (SSSR count). The van der Waals surface area contributed by atoms with Gasteiger partial charge in [-0.25, -0.2) is 4.98 Å². The molecular weight excluding hydrogens is 282 g/mol. The number of carbonyl (C=O) groups is 1. The molecule has 108 valence electrons. The molecule has 2 N–H and O–H groups in total. The fourth-order valence-corrected chi connectivity index (χ4v) is 2.19. The van der Waals surface area contributed by atoms with Crippen molar-refractivity contribution in [1.82, 2.24) is 4.98 Å². The maximum absolute atomic E-state index is 11.2. The number of ketones is 1. The van der Waals surface area contributed by atoms with E-state index in [0.717, 1.165) is 16.9 Å². The van der Waals surface area contributed by atoms with Crippen LogP contribution in [0.15, 0.2) is 36.4 Å². The van der Waals surface area contributed by atoms with E-state index >= 15 is 0 Å². The predicted molar refractivity (Wildman–Crippen MR) is 90.0 cm³/mol. The van der Waals surface area contributed by atoms with Gasteiger partial charge >= 0.3 is 0 Å². The fraction of sp³-hybridized carbons (Fsp3) is 0.188. The Balaban J connectivity index is 2.02. The van der Waals surface area contributed by atoms with E-state index in [-0.39, 0.29) is 5.78 Å². The van der Waals surface area contributed by atoms with Crippen LogP contribution in [0.4, 0.5) is 11.5 Å². The van der Waals surface area contributed by atoms with E-state index in [1.807, 2.05) is 38.1 Å². The second-order valence-corrected chi connectivity index (χ2v) is 5.29. The molecule has 0 saturated carbocycles. The number of hydrogen-bond acceptors (Lipinski definition) is 3. The number of carbonyl (C=O) groups excluding carboxylic acids is 1. The summed E-state index contributed by atoms with van der Waals surface area (Å²) in [6.07, 6.45) is 0. The fourth-order valence-electron chi connectivity index (χ4n) is 1.97. The topological polar surface area (TPSA) is 54.0 Å². The first-order valence-electron chi connectivity index (χ1n) is 6.58. The minimum Gasteiger partial charge on any atom is -0.332 e. The van der Waals surface area contributed by atoms with E-state index < -0.39 is 0 Å². The van der Waals surface area contributed by atoms with Crippen molar-refractivity contribution >= 4 is 34.6 Å². The second kappa shape index (κ2) is 6.45. The predicted octanol–water partition coefficient (Wildman–Crippen LogP) is 3.71. The zero-order valence-electron chi connectivity index (χ0n) is 12.2. The normalized spacial score (nSPS) is 10.0. The Kier molecular flexibility index (Phi) is 4.65. The zero-order chi connectivity index (χ0) is 15.4. The first-order valence-corrected chi connectivity index (χ1v) is 6.99. The number of pyridine rings is 1. The third kappa shape index (κ3) is 4.36. The van der Waals surface area contributed by atoms with Crippen molar-refractivity contribution in [2.45, 2.75) is 20.8 Å². The van der Waals surface area contributed by atoms with Crippen LogP contribution in [0, 0.1) is 13.8 Å². The number of aryl methyl sites for hydroxylation is 2. The first kappa shape index (κ1) is 15.1. The van der Waals surface area contributed by atoms with Crippen LogP contribution < -0.4 is 10.6 Å². The Morgan fingerprint density at radius 2 is 1.76 bits per heavy atom. The second-order valence-electron chi connectivity index (χ2n) is 4.88. The van der Waals surface area contributed by atoms with Crippen molar-refractivity contribution in [3.05, 3.63) is 53.2 Å². The number of anilines is 2. The third-order valence-corrected chi connectivity index (χ3v) is 3.09. The number of hydrogen-bond donors (Lipinski definition) is 2. The Morgan fingerprint density at radius 3 is 2.33 bits per heavy atom. The van der Waals surface area contributed by atoms with Gasteiger partial charge in [0.1, 0.15) is 5.82 Å². The summed E-state index contributed by atoms with van der Waals surface area (Å²) in [4.78, 5) is 15.6. The van der Waals surface area contributed by atoms with Gasteiger partial charge in [0.25, 0.3) is 0 Å². The molecule has 0 amide bonds. The summed E-state index contributed by atoms with van der Waals surface area (Å²) in [5.74, 6) is 0.757. The van der Waals surface area contributed by atoms with Gasteiger partial charge in [-0.15, -0.1) is 0 Å². The number of aromatic nitrogens is 1. The van der Waals surface area contributed by atoms with E-state index in [2.05, 4.69) is 15.6 Å². The summed E-state index contributed by atoms with van der Waals surface area (Å²) in [5, 5.41) is 6.58. The SMILES string of the molecule is CC(=O)c1ccc(NC(=S)Nc2cc(C)cc(C)n2)cc1. The summed E-state index contributed by atoms with van der Waals surface area (Å²) >= 11 is 5.26. The minimum atomic E-state index is 0.0432. The molecule has 4 nitrogen and oxygen atoms in total. The van der Waals surface area contributed by atoms with Gasteiger partial charge in [0.2, 0.25) is 0 Å². The average molecular weight is 299 g/mol. The monoisotopic (exact) mass is 299 g/mol. The number of nitrogens with one attached hydrogen (secondary N) is 2. The molecule has 0 aliphatic heterocycles. The van der Waals surface area contributed by atoms with Crippen molar-refractivity contribution < 1.29 is 4.79 Å². The molecule has 21 heavy (non-hydrogen) atoms. The third-order valence-electron chi connectivity index (χ3n) is 2.89. The van der Waals surface area contributed by atoms with Crippen LogP contribution in [0.1, 0.15) is 28.5 Å². The highest BCUT2D eigenvalue weighted by Crippen LogP contribution is 2.12. The molecule has 0 atom stereocenters. The standard InChI is InChI=1S/C16H17N3OS/c1-10-8-11(2)17-15(9-10)19-16(21)18-14-6-4-13(5-7-14)12(3)20/h4-9H,1-3H3,(H2,17,18,19,21). The lowest BCUT2D eigenvalue weighted by Crippen LogP contribution is -2.20. The molecular formula is C16H17N3OS. The smallest absolute Gasteiger partial charge is 0.176 e. The molecule has 0 fully saturated rings. The zero-order valence-corrected chi connectivity index (χ0v) is 13.0. The largest absolute Gasteiger partial charge is 0.332 e. The molecule has 1 aromatic carbocycles. The van der Waals surface area contributed by atoms with Crippen molar-refractivity contribution in [3.63, 3.8) is 0 Å². The summed E-state index contributed by atoms with van der Waals surface area (Å²) in [7, 11) is 0. The maximum atomic E-state index is 11.2. The molecule has 0 radical (unpaired) electrons. The molecule has 2 aromatic rings. The Bertz CT molecular complexity index is 660. The van der Waals surface area contributed by atoms with Crippen LogP contribution >= 0.6 is 12.2 Å². The van der Waals surface area contributed by atoms with E-state index in [9.17, 15) is 4.79 Å².